The van der Waals surface area contributed by atoms with Crippen molar-refractivity contribution in [2.45, 2.75) is 37.6 Å². The highest BCUT2D eigenvalue weighted by Gasteiger charge is 2.24. The van der Waals surface area contributed by atoms with Crippen LogP contribution in [0.15, 0.2) is 29.3 Å². The lowest BCUT2D eigenvalue weighted by molar-refractivity contribution is 0.356. The minimum Gasteiger partial charge on any atom is -0.374 e. The summed E-state index contributed by atoms with van der Waals surface area (Å²) in [5.74, 6) is 0.0475. The number of anilines is 2. The number of sulfonamides is 1. The molecule has 1 aromatic carbocycles. The van der Waals surface area contributed by atoms with Crippen molar-refractivity contribution in [1.29, 1.82) is 5.26 Å². The molecule has 0 bridgehead atoms. The Hall–Kier alpha value is -2.53. The topological polar surface area (TPSA) is 91.0 Å². The molecule has 0 spiro atoms. The summed E-state index contributed by atoms with van der Waals surface area (Å²) in [6, 6.07) is 7.09. The van der Waals surface area contributed by atoms with Crippen molar-refractivity contribution in [2.75, 3.05) is 23.2 Å². The number of aromatic nitrogens is 2. The second kappa shape index (κ2) is 5.77. The number of fused-ring (bicyclic) bond motifs is 1. The molecule has 1 aromatic heterocycles. The smallest absolute Gasteiger partial charge is 0.263 e. The van der Waals surface area contributed by atoms with Crippen molar-refractivity contribution in [3.8, 4) is 6.07 Å². The van der Waals surface area contributed by atoms with Gasteiger partial charge in [0.1, 0.15) is 11.6 Å². The Bertz CT molecular complexity index is 964. The summed E-state index contributed by atoms with van der Waals surface area (Å²) in [7, 11) is -1.89. The largest absolute Gasteiger partial charge is 0.374 e. The van der Waals surface area contributed by atoms with Crippen LogP contribution in [0.4, 0.5) is 11.5 Å². The molecule has 0 unspecified atom stereocenters. The predicted octanol–water partition coefficient (Wildman–Crippen LogP) is 2.30. The van der Waals surface area contributed by atoms with Crippen LogP contribution in [0.2, 0.25) is 0 Å². The van der Waals surface area contributed by atoms with E-state index in [4.69, 9.17) is 0 Å². The minimum atomic E-state index is -3.83. The van der Waals surface area contributed by atoms with Gasteiger partial charge in [-0.3, -0.25) is 9.40 Å². The van der Waals surface area contributed by atoms with Crippen molar-refractivity contribution in [3.05, 3.63) is 35.5 Å². The van der Waals surface area contributed by atoms with E-state index in [-0.39, 0.29) is 21.8 Å². The molecule has 0 aliphatic carbocycles. The van der Waals surface area contributed by atoms with Crippen molar-refractivity contribution in [2.24, 2.45) is 0 Å². The number of likely N-dealkylation sites (N-methyl/N-ethyl adjacent to an activating group) is 1. The predicted molar refractivity (Wildman–Crippen MR) is 96.2 cm³/mol. The molecular formula is C17H21N5O2S. The normalized spacial score (nSPS) is 14.3. The lowest BCUT2D eigenvalue weighted by Crippen LogP contribution is -2.22. The zero-order valence-corrected chi connectivity index (χ0v) is 15.6. The summed E-state index contributed by atoms with van der Waals surface area (Å²) in [5, 5.41) is 13.5. The number of rotatable bonds is 3. The van der Waals surface area contributed by atoms with Gasteiger partial charge in [0.05, 0.1) is 10.4 Å². The van der Waals surface area contributed by atoms with Gasteiger partial charge < -0.3 is 4.90 Å². The third-order valence-electron chi connectivity index (χ3n) is 4.25. The van der Waals surface area contributed by atoms with Crippen LogP contribution in [0, 0.1) is 11.3 Å². The first-order valence-corrected chi connectivity index (χ1v) is 9.47. The number of benzene rings is 1. The van der Waals surface area contributed by atoms with E-state index >= 15 is 0 Å². The molecule has 3 rings (SSSR count). The zero-order valence-electron chi connectivity index (χ0n) is 14.7. The molecule has 1 aliphatic rings. The summed E-state index contributed by atoms with van der Waals surface area (Å²) in [4.78, 5) is 2.19. The maximum Gasteiger partial charge on any atom is 0.263 e. The molecule has 7 nitrogen and oxygen atoms in total. The molecule has 0 saturated carbocycles. The van der Waals surface area contributed by atoms with Gasteiger partial charge in [0, 0.05) is 25.5 Å². The second-order valence-corrected chi connectivity index (χ2v) is 8.87. The molecular weight excluding hydrogens is 338 g/mol. The summed E-state index contributed by atoms with van der Waals surface area (Å²) >= 11 is 0. The molecule has 0 saturated heterocycles. The molecule has 0 fully saturated rings. The van der Waals surface area contributed by atoms with Crippen molar-refractivity contribution >= 4 is 21.5 Å². The van der Waals surface area contributed by atoms with E-state index < -0.39 is 10.0 Å². The molecule has 0 radical (unpaired) electrons. The van der Waals surface area contributed by atoms with Gasteiger partial charge in [0.2, 0.25) is 0 Å². The summed E-state index contributed by atoms with van der Waals surface area (Å²) in [5.41, 5.74) is 1.89. The molecule has 0 atom stereocenters. The fourth-order valence-electron chi connectivity index (χ4n) is 2.75. The van der Waals surface area contributed by atoms with Gasteiger partial charge in [-0.25, -0.2) is 8.42 Å². The third kappa shape index (κ3) is 3.20. The van der Waals surface area contributed by atoms with E-state index in [1.54, 1.807) is 23.0 Å². The highest BCUT2D eigenvalue weighted by molar-refractivity contribution is 7.92. The summed E-state index contributed by atoms with van der Waals surface area (Å²) < 4.78 is 29.5. The van der Waals surface area contributed by atoms with E-state index in [0.717, 1.165) is 24.2 Å². The summed E-state index contributed by atoms with van der Waals surface area (Å²) in [6.45, 7) is 6.65. The average Bonchev–Trinajstić information content (AvgIpc) is 3.10. The molecule has 8 heteroatoms. The van der Waals surface area contributed by atoms with E-state index in [2.05, 4.69) is 9.82 Å². The van der Waals surface area contributed by atoms with Crippen LogP contribution in [0.25, 0.3) is 0 Å². The number of nitrogens with one attached hydrogen (secondary N) is 1. The Morgan fingerprint density at radius 3 is 2.68 bits per heavy atom. The molecule has 1 N–H and O–H groups in total. The van der Waals surface area contributed by atoms with Crippen LogP contribution in [-0.2, 0) is 22.0 Å². The SMILES string of the molecule is CN1CCc2ccc(S(=O)(=O)Nc3nn(C(C)(C)C)cc3C#N)cc21. The van der Waals surface area contributed by atoms with Gasteiger partial charge in [0.25, 0.3) is 10.0 Å². The maximum absolute atomic E-state index is 12.7. The van der Waals surface area contributed by atoms with Gasteiger partial charge in [0.15, 0.2) is 5.82 Å². The average molecular weight is 359 g/mol. The standard InChI is InChI=1S/C17H21N5O2S/c1-17(2,3)22-11-13(10-18)16(19-22)20-25(23,24)14-6-5-12-7-8-21(4)15(12)9-14/h5-6,9,11H,7-8H2,1-4H3,(H,19,20). The molecule has 132 valence electrons. The quantitative estimate of drug-likeness (QED) is 0.908. The Labute approximate surface area is 147 Å². The van der Waals surface area contributed by atoms with Crippen LogP contribution in [0.1, 0.15) is 31.9 Å². The lowest BCUT2D eigenvalue weighted by atomic mass is 10.1. The van der Waals surface area contributed by atoms with Crippen molar-refractivity contribution < 1.29 is 8.42 Å². The molecule has 2 heterocycles. The second-order valence-electron chi connectivity index (χ2n) is 7.19. The Kier molecular flexibility index (Phi) is 4.00. The number of nitriles is 1. The van der Waals surface area contributed by atoms with Gasteiger partial charge in [-0.15, -0.1) is 0 Å². The first kappa shape index (κ1) is 17.3. The van der Waals surface area contributed by atoms with E-state index in [1.165, 1.54) is 0 Å². The van der Waals surface area contributed by atoms with E-state index in [0.29, 0.717) is 0 Å². The Morgan fingerprint density at radius 2 is 2.04 bits per heavy atom. The fraction of sp³-hybridized carbons (Fsp3) is 0.412. The molecule has 25 heavy (non-hydrogen) atoms. The highest BCUT2D eigenvalue weighted by Crippen LogP contribution is 2.30. The fourth-order valence-corrected chi connectivity index (χ4v) is 3.78. The molecule has 2 aromatic rings. The van der Waals surface area contributed by atoms with Gasteiger partial charge in [-0.1, -0.05) is 6.07 Å². The number of hydrogen-bond acceptors (Lipinski definition) is 5. The lowest BCUT2D eigenvalue weighted by Gasteiger charge is -2.18. The van der Waals surface area contributed by atoms with E-state index in [1.807, 2.05) is 44.9 Å². The first-order chi connectivity index (χ1) is 11.6. The van der Waals surface area contributed by atoms with E-state index in [9.17, 15) is 13.7 Å². The van der Waals surface area contributed by atoms with Gasteiger partial charge >= 0.3 is 0 Å². The Balaban J connectivity index is 1.97. The highest BCUT2D eigenvalue weighted by atomic mass is 32.2. The van der Waals surface area contributed by atoms with Crippen LogP contribution in [-0.4, -0.2) is 31.8 Å². The zero-order chi connectivity index (χ0) is 18.4. The van der Waals surface area contributed by atoms with Gasteiger partial charge in [-0.05, 0) is 44.9 Å². The monoisotopic (exact) mass is 359 g/mol. The van der Waals surface area contributed by atoms with Crippen LogP contribution >= 0.6 is 0 Å². The molecule has 0 amide bonds. The first-order valence-electron chi connectivity index (χ1n) is 7.99. The Morgan fingerprint density at radius 1 is 1.32 bits per heavy atom. The van der Waals surface area contributed by atoms with Crippen LogP contribution in [0.3, 0.4) is 0 Å². The van der Waals surface area contributed by atoms with Crippen molar-refractivity contribution in [1.82, 2.24) is 9.78 Å². The van der Waals surface area contributed by atoms with Crippen LogP contribution in [0.5, 0.6) is 0 Å². The van der Waals surface area contributed by atoms with Crippen molar-refractivity contribution in [3.63, 3.8) is 0 Å². The maximum atomic E-state index is 12.7. The van der Waals surface area contributed by atoms with Gasteiger partial charge in [-0.2, -0.15) is 10.4 Å². The minimum absolute atomic E-state index is 0.0475. The molecule has 1 aliphatic heterocycles. The summed E-state index contributed by atoms with van der Waals surface area (Å²) in [6.07, 6.45) is 2.46. The van der Waals surface area contributed by atoms with Crippen LogP contribution < -0.4 is 9.62 Å². The number of hydrogen-bond donors (Lipinski definition) is 1. The third-order valence-corrected chi connectivity index (χ3v) is 5.58. The number of nitrogens with zero attached hydrogens (tertiary/aromatic N) is 4.